The van der Waals surface area contributed by atoms with Crippen LogP contribution in [-0.2, 0) is 9.53 Å². The van der Waals surface area contributed by atoms with Crippen LogP contribution in [0.5, 0.6) is 0 Å². The van der Waals surface area contributed by atoms with Crippen LogP contribution in [0.1, 0.15) is 51.9 Å². The predicted octanol–water partition coefficient (Wildman–Crippen LogP) is 1.83. The molecule has 0 aromatic rings. The van der Waals surface area contributed by atoms with Gasteiger partial charge in [-0.25, -0.2) is 0 Å². The average Bonchev–Trinajstić information content (AvgIpc) is 2.39. The van der Waals surface area contributed by atoms with Crippen LogP contribution >= 0.6 is 0 Å². The molecule has 1 atom stereocenters. The first-order valence-electron chi connectivity index (χ1n) is 7.31. The van der Waals surface area contributed by atoms with Gasteiger partial charge in [-0.1, -0.05) is 12.8 Å². The van der Waals surface area contributed by atoms with Gasteiger partial charge in [-0.15, -0.1) is 0 Å². The SMILES string of the molecule is CC(NC(=O)CCCCCCN)C1CCOCC1. The fourth-order valence-electron chi connectivity index (χ4n) is 2.44. The van der Waals surface area contributed by atoms with Gasteiger partial charge in [0, 0.05) is 25.7 Å². The first-order chi connectivity index (χ1) is 8.74. The molecule has 0 spiro atoms. The van der Waals surface area contributed by atoms with Crippen molar-refractivity contribution in [1.82, 2.24) is 5.32 Å². The highest BCUT2D eigenvalue weighted by Crippen LogP contribution is 2.18. The summed E-state index contributed by atoms with van der Waals surface area (Å²) >= 11 is 0. The smallest absolute Gasteiger partial charge is 0.220 e. The summed E-state index contributed by atoms with van der Waals surface area (Å²) in [7, 11) is 0. The second-order valence-electron chi connectivity index (χ2n) is 5.26. The summed E-state index contributed by atoms with van der Waals surface area (Å²) in [5.41, 5.74) is 5.43. The van der Waals surface area contributed by atoms with Crippen molar-refractivity contribution in [1.29, 1.82) is 0 Å². The van der Waals surface area contributed by atoms with Crippen LogP contribution < -0.4 is 11.1 Å². The zero-order valence-electron chi connectivity index (χ0n) is 11.6. The standard InChI is InChI=1S/C14H28N2O2/c1-12(13-7-10-18-11-8-13)16-14(17)6-4-2-3-5-9-15/h12-13H,2-11,15H2,1H3,(H,16,17). The second-order valence-corrected chi connectivity index (χ2v) is 5.26. The highest BCUT2D eigenvalue weighted by Gasteiger charge is 2.21. The molecule has 0 radical (unpaired) electrons. The maximum atomic E-state index is 11.8. The molecule has 106 valence electrons. The lowest BCUT2D eigenvalue weighted by Crippen LogP contribution is -2.40. The minimum Gasteiger partial charge on any atom is -0.381 e. The number of rotatable bonds is 8. The highest BCUT2D eigenvalue weighted by molar-refractivity contribution is 5.76. The van der Waals surface area contributed by atoms with E-state index in [-0.39, 0.29) is 11.9 Å². The van der Waals surface area contributed by atoms with Crippen LogP contribution in [0.2, 0.25) is 0 Å². The van der Waals surface area contributed by atoms with E-state index in [2.05, 4.69) is 12.2 Å². The molecule has 4 heteroatoms. The van der Waals surface area contributed by atoms with Crippen molar-refractivity contribution in [3.8, 4) is 0 Å². The third kappa shape index (κ3) is 6.36. The summed E-state index contributed by atoms with van der Waals surface area (Å²) in [6, 6.07) is 0.283. The van der Waals surface area contributed by atoms with Crippen molar-refractivity contribution in [3.63, 3.8) is 0 Å². The average molecular weight is 256 g/mol. The van der Waals surface area contributed by atoms with E-state index in [0.717, 1.165) is 58.3 Å². The lowest BCUT2D eigenvalue weighted by Gasteiger charge is -2.28. The van der Waals surface area contributed by atoms with Crippen molar-refractivity contribution < 1.29 is 9.53 Å². The van der Waals surface area contributed by atoms with Gasteiger partial charge in [0.15, 0.2) is 0 Å². The van der Waals surface area contributed by atoms with E-state index in [1.165, 1.54) is 0 Å². The van der Waals surface area contributed by atoms with Gasteiger partial charge < -0.3 is 15.8 Å². The number of nitrogens with one attached hydrogen (secondary N) is 1. The number of ether oxygens (including phenoxy) is 1. The maximum Gasteiger partial charge on any atom is 0.220 e. The molecule has 4 nitrogen and oxygen atoms in total. The first-order valence-corrected chi connectivity index (χ1v) is 7.31. The normalized spacial score (nSPS) is 18.6. The molecule has 1 aliphatic rings. The fraction of sp³-hybridized carbons (Fsp3) is 0.929. The minimum absolute atomic E-state index is 0.196. The predicted molar refractivity (Wildman–Crippen MR) is 73.3 cm³/mol. The first kappa shape index (κ1) is 15.4. The second kappa shape index (κ2) is 9.34. The van der Waals surface area contributed by atoms with Gasteiger partial charge in [0.05, 0.1) is 0 Å². The van der Waals surface area contributed by atoms with E-state index in [4.69, 9.17) is 10.5 Å². The zero-order chi connectivity index (χ0) is 13.2. The van der Waals surface area contributed by atoms with Gasteiger partial charge in [0.25, 0.3) is 0 Å². The zero-order valence-corrected chi connectivity index (χ0v) is 11.6. The van der Waals surface area contributed by atoms with E-state index in [1.807, 2.05) is 0 Å². The number of amides is 1. The molecule has 3 N–H and O–H groups in total. The Morgan fingerprint density at radius 1 is 1.28 bits per heavy atom. The molecule has 18 heavy (non-hydrogen) atoms. The Labute approximate surface area is 111 Å². The monoisotopic (exact) mass is 256 g/mol. The summed E-state index contributed by atoms with van der Waals surface area (Å²) < 4.78 is 5.33. The van der Waals surface area contributed by atoms with Gasteiger partial charge in [-0.3, -0.25) is 4.79 Å². The molecule has 1 saturated heterocycles. The number of nitrogens with two attached hydrogens (primary N) is 1. The summed E-state index contributed by atoms with van der Waals surface area (Å²) in [6.07, 6.45) is 7.08. The molecule has 1 heterocycles. The van der Waals surface area contributed by atoms with Gasteiger partial charge in [0.2, 0.25) is 5.91 Å². The van der Waals surface area contributed by atoms with Gasteiger partial charge >= 0.3 is 0 Å². The number of carbonyl (C=O) groups is 1. The van der Waals surface area contributed by atoms with Crippen LogP contribution in [0, 0.1) is 5.92 Å². The Morgan fingerprint density at radius 2 is 1.94 bits per heavy atom. The molecule has 1 fully saturated rings. The van der Waals surface area contributed by atoms with E-state index in [1.54, 1.807) is 0 Å². The van der Waals surface area contributed by atoms with Crippen molar-refractivity contribution in [2.75, 3.05) is 19.8 Å². The molecule has 0 aromatic heterocycles. The molecular weight excluding hydrogens is 228 g/mol. The Bertz CT molecular complexity index is 228. The maximum absolute atomic E-state index is 11.8. The Balaban J connectivity index is 2.07. The molecule has 0 saturated carbocycles. The Kier molecular flexibility index (Phi) is 8.01. The molecular formula is C14H28N2O2. The van der Waals surface area contributed by atoms with E-state index >= 15 is 0 Å². The molecule has 1 aliphatic heterocycles. The number of hydrogen-bond donors (Lipinski definition) is 2. The topological polar surface area (TPSA) is 64.4 Å². The van der Waals surface area contributed by atoms with Crippen molar-refractivity contribution in [3.05, 3.63) is 0 Å². The molecule has 0 bridgehead atoms. The highest BCUT2D eigenvalue weighted by atomic mass is 16.5. The van der Waals surface area contributed by atoms with Crippen LogP contribution in [0.15, 0.2) is 0 Å². The Hall–Kier alpha value is -0.610. The lowest BCUT2D eigenvalue weighted by molar-refractivity contribution is -0.122. The summed E-state index contributed by atoms with van der Waals surface area (Å²) in [5.74, 6) is 0.779. The van der Waals surface area contributed by atoms with Crippen molar-refractivity contribution in [2.45, 2.75) is 57.9 Å². The van der Waals surface area contributed by atoms with Crippen molar-refractivity contribution >= 4 is 5.91 Å². The minimum atomic E-state index is 0.196. The van der Waals surface area contributed by atoms with Crippen molar-refractivity contribution in [2.24, 2.45) is 11.7 Å². The van der Waals surface area contributed by atoms with E-state index in [9.17, 15) is 4.79 Å². The molecule has 1 unspecified atom stereocenters. The van der Waals surface area contributed by atoms with Gasteiger partial charge in [0.1, 0.15) is 0 Å². The third-order valence-electron chi connectivity index (χ3n) is 3.72. The number of hydrogen-bond acceptors (Lipinski definition) is 3. The summed E-state index contributed by atoms with van der Waals surface area (Å²) in [6.45, 7) is 4.54. The number of unbranched alkanes of at least 4 members (excludes halogenated alkanes) is 3. The molecule has 0 aromatic carbocycles. The van der Waals surface area contributed by atoms with Gasteiger partial charge in [-0.05, 0) is 45.1 Å². The quantitative estimate of drug-likeness (QED) is 0.651. The summed E-state index contributed by atoms with van der Waals surface area (Å²) in [4.78, 5) is 11.8. The van der Waals surface area contributed by atoms with Crippen LogP contribution in [-0.4, -0.2) is 31.7 Å². The van der Waals surface area contributed by atoms with Crippen LogP contribution in [0.4, 0.5) is 0 Å². The van der Waals surface area contributed by atoms with E-state index < -0.39 is 0 Å². The lowest BCUT2D eigenvalue weighted by atomic mass is 9.93. The van der Waals surface area contributed by atoms with E-state index in [0.29, 0.717) is 12.3 Å². The molecule has 1 amide bonds. The fourth-order valence-corrected chi connectivity index (χ4v) is 2.44. The van der Waals surface area contributed by atoms with Gasteiger partial charge in [-0.2, -0.15) is 0 Å². The van der Waals surface area contributed by atoms with Crippen LogP contribution in [0.25, 0.3) is 0 Å². The Morgan fingerprint density at radius 3 is 2.61 bits per heavy atom. The summed E-state index contributed by atoms with van der Waals surface area (Å²) in [5, 5.41) is 3.12. The third-order valence-corrected chi connectivity index (χ3v) is 3.72. The van der Waals surface area contributed by atoms with Crippen LogP contribution in [0.3, 0.4) is 0 Å². The molecule has 0 aliphatic carbocycles. The number of carbonyl (C=O) groups excluding carboxylic acids is 1. The largest absolute Gasteiger partial charge is 0.381 e. The molecule has 1 rings (SSSR count).